The predicted molar refractivity (Wildman–Crippen MR) is 51.7 cm³/mol. The number of methoxy groups -OCH3 is 1. The van der Waals surface area contributed by atoms with E-state index in [2.05, 4.69) is 10.2 Å². The van der Waals surface area contributed by atoms with Gasteiger partial charge in [-0.15, -0.1) is 0 Å². The minimum Gasteiger partial charge on any atom is -0.355 e. The molecule has 1 N–H and O–H groups in total. The van der Waals surface area contributed by atoms with Crippen LogP contribution >= 0.6 is 0 Å². The summed E-state index contributed by atoms with van der Waals surface area (Å²) in [5.74, 6) is 0. The molecule has 4 heteroatoms. The van der Waals surface area contributed by atoms with Gasteiger partial charge < -0.3 is 14.8 Å². The summed E-state index contributed by atoms with van der Waals surface area (Å²) in [4.78, 5) is 2.36. The molecule has 0 aromatic carbocycles. The zero-order valence-electron chi connectivity index (χ0n) is 8.58. The second-order valence-corrected chi connectivity index (χ2v) is 3.17. The summed E-state index contributed by atoms with van der Waals surface area (Å²) < 4.78 is 10.6. The van der Waals surface area contributed by atoms with E-state index in [0.717, 1.165) is 32.7 Å². The molecule has 1 unspecified atom stereocenters. The molecule has 0 saturated carbocycles. The molecule has 4 nitrogen and oxygen atoms in total. The van der Waals surface area contributed by atoms with E-state index >= 15 is 0 Å². The van der Waals surface area contributed by atoms with Crippen LogP contribution in [0, 0.1) is 0 Å². The van der Waals surface area contributed by atoms with Crippen molar-refractivity contribution < 1.29 is 9.47 Å². The number of ether oxygens (including phenoxy) is 2. The maximum Gasteiger partial charge on any atom is 0.169 e. The molecule has 1 aliphatic rings. The normalized spacial score (nSPS) is 21.7. The third kappa shape index (κ3) is 4.04. The minimum absolute atomic E-state index is 0.0666. The van der Waals surface area contributed by atoms with E-state index in [0.29, 0.717) is 6.61 Å². The van der Waals surface area contributed by atoms with E-state index in [9.17, 15) is 0 Å². The van der Waals surface area contributed by atoms with Crippen molar-refractivity contribution in [3.8, 4) is 0 Å². The SMILES string of the molecule is CCOC(CN1CCNCC1)OC. The van der Waals surface area contributed by atoms with Crippen LogP contribution in [-0.4, -0.2) is 57.6 Å². The first-order valence-electron chi connectivity index (χ1n) is 4.94. The summed E-state index contributed by atoms with van der Waals surface area (Å²) in [5, 5.41) is 3.31. The minimum atomic E-state index is -0.0666. The van der Waals surface area contributed by atoms with Gasteiger partial charge in [0.25, 0.3) is 0 Å². The van der Waals surface area contributed by atoms with Gasteiger partial charge in [-0.05, 0) is 6.92 Å². The zero-order chi connectivity index (χ0) is 9.52. The largest absolute Gasteiger partial charge is 0.355 e. The summed E-state index contributed by atoms with van der Waals surface area (Å²) >= 11 is 0. The molecule has 0 spiro atoms. The number of hydrogen-bond donors (Lipinski definition) is 1. The van der Waals surface area contributed by atoms with Gasteiger partial charge in [0.05, 0.1) is 0 Å². The molecule has 0 aromatic heterocycles. The zero-order valence-corrected chi connectivity index (χ0v) is 8.58. The first-order chi connectivity index (χ1) is 6.36. The Kier molecular flexibility index (Phi) is 5.31. The van der Waals surface area contributed by atoms with Crippen molar-refractivity contribution in [1.82, 2.24) is 10.2 Å². The molecular weight excluding hydrogens is 168 g/mol. The van der Waals surface area contributed by atoms with Crippen molar-refractivity contribution in [3.05, 3.63) is 0 Å². The molecule has 1 atom stereocenters. The van der Waals surface area contributed by atoms with Crippen molar-refractivity contribution in [3.63, 3.8) is 0 Å². The number of hydrogen-bond acceptors (Lipinski definition) is 4. The van der Waals surface area contributed by atoms with Crippen LogP contribution < -0.4 is 5.32 Å². The van der Waals surface area contributed by atoms with Crippen LogP contribution in [-0.2, 0) is 9.47 Å². The van der Waals surface area contributed by atoms with E-state index in [1.165, 1.54) is 0 Å². The predicted octanol–water partition coefficient (Wildman–Crippen LogP) is -0.0994. The number of rotatable bonds is 5. The van der Waals surface area contributed by atoms with Crippen LogP contribution in [0.3, 0.4) is 0 Å². The smallest absolute Gasteiger partial charge is 0.169 e. The molecule has 0 radical (unpaired) electrons. The summed E-state index contributed by atoms with van der Waals surface area (Å²) in [5.41, 5.74) is 0. The van der Waals surface area contributed by atoms with Gasteiger partial charge in [-0.25, -0.2) is 0 Å². The molecule has 1 saturated heterocycles. The lowest BCUT2D eigenvalue weighted by Gasteiger charge is -2.29. The highest BCUT2D eigenvalue weighted by atomic mass is 16.7. The fraction of sp³-hybridized carbons (Fsp3) is 1.00. The Hall–Kier alpha value is -0.160. The van der Waals surface area contributed by atoms with Crippen molar-refractivity contribution in [1.29, 1.82) is 0 Å². The summed E-state index contributed by atoms with van der Waals surface area (Å²) in [7, 11) is 1.70. The molecule has 0 amide bonds. The van der Waals surface area contributed by atoms with E-state index in [-0.39, 0.29) is 6.29 Å². The molecule has 0 aromatic rings. The van der Waals surface area contributed by atoms with Gasteiger partial charge in [0, 0.05) is 46.4 Å². The maximum atomic E-state index is 5.41. The van der Waals surface area contributed by atoms with Crippen molar-refractivity contribution in [2.75, 3.05) is 46.4 Å². The van der Waals surface area contributed by atoms with Crippen LogP contribution in [0.5, 0.6) is 0 Å². The molecule has 1 fully saturated rings. The van der Waals surface area contributed by atoms with Crippen LogP contribution in [0.4, 0.5) is 0 Å². The Balaban J connectivity index is 2.18. The molecule has 1 rings (SSSR count). The third-order valence-electron chi connectivity index (χ3n) is 2.23. The first kappa shape index (κ1) is 10.9. The molecule has 0 aliphatic carbocycles. The van der Waals surface area contributed by atoms with Crippen molar-refractivity contribution in [2.24, 2.45) is 0 Å². The Morgan fingerprint density at radius 3 is 2.62 bits per heavy atom. The monoisotopic (exact) mass is 188 g/mol. The van der Waals surface area contributed by atoms with Gasteiger partial charge in [-0.1, -0.05) is 0 Å². The van der Waals surface area contributed by atoms with Gasteiger partial charge in [0.2, 0.25) is 0 Å². The van der Waals surface area contributed by atoms with Gasteiger partial charge in [-0.3, -0.25) is 4.90 Å². The van der Waals surface area contributed by atoms with Gasteiger partial charge >= 0.3 is 0 Å². The second-order valence-electron chi connectivity index (χ2n) is 3.17. The highest BCUT2D eigenvalue weighted by Crippen LogP contribution is 1.99. The Labute approximate surface area is 80.2 Å². The molecule has 1 heterocycles. The van der Waals surface area contributed by atoms with E-state index in [1.54, 1.807) is 7.11 Å². The van der Waals surface area contributed by atoms with Crippen molar-refractivity contribution >= 4 is 0 Å². The molecule has 78 valence electrons. The van der Waals surface area contributed by atoms with Crippen molar-refractivity contribution in [2.45, 2.75) is 13.2 Å². The van der Waals surface area contributed by atoms with Gasteiger partial charge in [0.1, 0.15) is 0 Å². The highest BCUT2D eigenvalue weighted by Gasteiger charge is 2.15. The standard InChI is InChI=1S/C9H20N2O2/c1-3-13-9(12-2)8-11-6-4-10-5-7-11/h9-10H,3-8H2,1-2H3. The van der Waals surface area contributed by atoms with Crippen LogP contribution in [0.2, 0.25) is 0 Å². The number of nitrogens with zero attached hydrogens (tertiary/aromatic N) is 1. The van der Waals surface area contributed by atoms with Crippen LogP contribution in [0.15, 0.2) is 0 Å². The number of nitrogens with one attached hydrogen (secondary N) is 1. The quantitative estimate of drug-likeness (QED) is 0.611. The van der Waals surface area contributed by atoms with E-state index in [1.807, 2.05) is 6.92 Å². The average molecular weight is 188 g/mol. The first-order valence-corrected chi connectivity index (χ1v) is 4.94. The van der Waals surface area contributed by atoms with Crippen LogP contribution in [0.1, 0.15) is 6.92 Å². The highest BCUT2D eigenvalue weighted by molar-refractivity contribution is 4.68. The third-order valence-corrected chi connectivity index (χ3v) is 2.23. The lowest BCUT2D eigenvalue weighted by molar-refractivity contribution is -0.133. The fourth-order valence-electron chi connectivity index (χ4n) is 1.49. The molecule has 13 heavy (non-hydrogen) atoms. The average Bonchev–Trinajstić information content (AvgIpc) is 2.19. The topological polar surface area (TPSA) is 33.7 Å². The van der Waals surface area contributed by atoms with E-state index in [4.69, 9.17) is 9.47 Å². The number of piperazine rings is 1. The lowest BCUT2D eigenvalue weighted by Crippen LogP contribution is -2.47. The van der Waals surface area contributed by atoms with E-state index < -0.39 is 0 Å². The fourth-order valence-corrected chi connectivity index (χ4v) is 1.49. The molecule has 1 aliphatic heterocycles. The Morgan fingerprint density at radius 1 is 1.38 bits per heavy atom. The summed E-state index contributed by atoms with van der Waals surface area (Å²) in [6.45, 7) is 7.91. The van der Waals surface area contributed by atoms with Crippen LogP contribution in [0.25, 0.3) is 0 Å². The molecule has 0 bridgehead atoms. The lowest BCUT2D eigenvalue weighted by atomic mass is 10.3. The van der Waals surface area contributed by atoms with Gasteiger partial charge in [0.15, 0.2) is 6.29 Å². The van der Waals surface area contributed by atoms with Gasteiger partial charge in [-0.2, -0.15) is 0 Å². The molecular formula is C9H20N2O2. The second kappa shape index (κ2) is 6.32. The summed E-state index contributed by atoms with van der Waals surface area (Å²) in [6, 6.07) is 0. The maximum absolute atomic E-state index is 5.41. The summed E-state index contributed by atoms with van der Waals surface area (Å²) in [6.07, 6.45) is -0.0666. The Morgan fingerprint density at radius 2 is 2.08 bits per heavy atom. The Bertz CT molecular complexity index is 124.